The van der Waals surface area contributed by atoms with Gasteiger partial charge in [0.25, 0.3) is 0 Å². The maximum Gasteiger partial charge on any atom is 0.159 e. The quantitative estimate of drug-likeness (QED) is 0.929. The largest absolute Gasteiger partial charge is 0.370 e. The van der Waals surface area contributed by atoms with Gasteiger partial charge in [0.15, 0.2) is 5.82 Å². The molecule has 0 spiro atoms. The lowest BCUT2D eigenvalue weighted by atomic mass is 10.2. The normalized spacial score (nSPS) is 11.2. The van der Waals surface area contributed by atoms with Crippen molar-refractivity contribution in [2.24, 2.45) is 0 Å². The Morgan fingerprint density at radius 3 is 2.40 bits per heavy atom. The molecule has 1 N–H and O–H groups in total. The van der Waals surface area contributed by atoms with Crippen LogP contribution in [-0.2, 0) is 0 Å². The number of anilines is 1. The van der Waals surface area contributed by atoms with Crippen LogP contribution in [0.15, 0.2) is 6.07 Å². The van der Waals surface area contributed by atoms with Gasteiger partial charge in [0, 0.05) is 24.2 Å². The molecule has 2 heterocycles. The molecule has 0 aliphatic rings. The summed E-state index contributed by atoms with van der Waals surface area (Å²) in [6, 6.07) is 1.95. The Kier molecular flexibility index (Phi) is 4.06. The molecular weight excluding hydrogens is 250 g/mol. The zero-order valence-corrected chi connectivity index (χ0v) is 13.2. The van der Waals surface area contributed by atoms with E-state index in [4.69, 9.17) is 0 Å². The summed E-state index contributed by atoms with van der Waals surface area (Å²) in [7, 11) is 0. The molecule has 2 aromatic rings. The average Bonchev–Trinajstić information content (AvgIpc) is 2.66. The summed E-state index contributed by atoms with van der Waals surface area (Å²) in [5.74, 6) is 2.80. The second-order valence-electron chi connectivity index (χ2n) is 5.36. The van der Waals surface area contributed by atoms with E-state index in [0.29, 0.717) is 0 Å². The Balaban J connectivity index is 2.57. The van der Waals surface area contributed by atoms with Gasteiger partial charge in [-0.2, -0.15) is 5.10 Å². The van der Waals surface area contributed by atoms with Crippen LogP contribution in [0.4, 0.5) is 5.82 Å². The summed E-state index contributed by atoms with van der Waals surface area (Å²) in [5, 5.41) is 7.84. The van der Waals surface area contributed by atoms with Gasteiger partial charge in [-0.25, -0.2) is 14.6 Å². The fourth-order valence-electron chi connectivity index (χ4n) is 2.03. The van der Waals surface area contributed by atoms with Crippen LogP contribution >= 0.6 is 0 Å². The number of hydrogen-bond acceptors (Lipinski definition) is 4. The van der Waals surface area contributed by atoms with Crippen LogP contribution in [0.1, 0.15) is 49.5 Å². The van der Waals surface area contributed by atoms with Crippen LogP contribution in [-0.4, -0.2) is 26.3 Å². The van der Waals surface area contributed by atoms with Crippen molar-refractivity contribution in [3.8, 4) is 5.82 Å². The summed E-state index contributed by atoms with van der Waals surface area (Å²) < 4.78 is 1.90. The minimum Gasteiger partial charge on any atom is -0.370 e. The van der Waals surface area contributed by atoms with Crippen molar-refractivity contribution in [2.45, 2.75) is 47.5 Å². The predicted octanol–water partition coefficient (Wildman–Crippen LogP) is 3.14. The van der Waals surface area contributed by atoms with E-state index in [0.717, 1.165) is 35.4 Å². The van der Waals surface area contributed by atoms with Crippen molar-refractivity contribution >= 4 is 5.82 Å². The number of aryl methyl sites for hydroxylation is 1. The predicted molar refractivity (Wildman–Crippen MR) is 81.6 cm³/mol. The molecule has 2 aromatic heterocycles. The zero-order chi connectivity index (χ0) is 14.9. The lowest BCUT2D eigenvalue weighted by Gasteiger charge is -2.11. The van der Waals surface area contributed by atoms with E-state index in [1.54, 1.807) is 0 Å². The molecular formula is C15H23N5. The van der Waals surface area contributed by atoms with Crippen LogP contribution < -0.4 is 5.32 Å². The molecule has 2 rings (SSSR count). The lowest BCUT2D eigenvalue weighted by Crippen LogP contribution is -2.10. The molecule has 0 bridgehead atoms. The van der Waals surface area contributed by atoms with Crippen LogP contribution in [0.3, 0.4) is 0 Å². The molecule has 0 fully saturated rings. The first-order valence-electron chi connectivity index (χ1n) is 7.10. The van der Waals surface area contributed by atoms with Crippen molar-refractivity contribution in [1.82, 2.24) is 19.7 Å². The summed E-state index contributed by atoms with van der Waals surface area (Å²) in [5.41, 5.74) is 3.37. The highest BCUT2D eigenvalue weighted by atomic mass is 15.3. The van der Waals surface area contributed by atoms with Crippen LogP contribution in [0.2, 0.25) is 0 Å². The molecule has 5 heteroatoms. The van der Waals surface area contributed by atoms with E-state index in [1.165, 1.54) is 5.56 Å². The minimum atomic E-state index is 0.283. The van der Waals surface area contributed by atoms with E-state index in [-0.39, 0.29) is 5.92 Å². The summed E-state index contributed by atoms with van der Waals surface area (Å²) in [6.07, 6.45) is 0. The molecule has 0 aromatic carbocycles. The molecule has 0 amide bonds. The van der Waals surface area contributed by atoms with Crippen molar-refractivity contribution in [2.75, 3.05) is 11.9 Å². The van der Waals surface area contributed by atoms with E-state index in [1.807, 2.05) is 17.7 Å². The maximum atomic E-state index is 4.65. The highest BCUT2D eigenvalue weighted by molar-refractivity contribution is 5.43. The van der Waals surface area contributed by atoms with Gasteiger partial charge in [-0.1, -0.05) is 13.8 Å². The van der Waals surface area contributed by atoms with Crippen molar-refractivity contribution in [3.05, 3.63) is 28.8 Å². The van der Waals surface area contributed by atoms with E-state index in [2.05, 4.69) is 55.0 Å². The number of hydrogen-bond donors (Lipinski definition) is 1. The molecule has 5 nitrogen and oxygen atoms in total. The maximum absolute atomic E-state index is 4.65. The van der Waals surface area contributed by atoms with Gasteiger partial charge in [-0.15, -0.1) is 0 Å². The third-order valence-corrected chi connectivity index (χ3v) is 3.47. The van der Waals surface area contributed by atoms with Crippen LogP contribution in [0.5, 0.6) is 0 Å². The molecule has 0 radical (unpaired) electrons. The van der Waals surface area contributed by atoms with Crippen molar-refractivity contribution in [3.63, 3.8) is 0 Å². The topological polar surface area (TPSA) is 55.6 Å². The zero-order valence-electron chi connectivity index (χ0n) is 13.2. The molecule has 20 heavy (non-hydrogen) atoms. The Hall–Kier alpha value is -1.91. The molecule has 0 aliphatic carbocycles. The first-order chi connectivity index (χ1) is 9.43. The first kappa shape index (κ1) is 14.5. The summed E-state index contributed by atoms with van der Waals surface area (Å²) >= 11 is 0. The second kappa shape index (κ2) is 5.61. The Labute approximate surface area is 120 Å². The second-order valence-corrected chi connectivity index (χ2v) is 5.36. The van der Waals surface area contributed by atoms with E-state index < -0.39 is 0 Å². The highest BCUT2D eigenvalue weighted by Gasteiger charge is 2.13. The minimum absolute atomic E-state index is 0.283. The molecule has 0 saturated heterocycles. The molecule has 108 valence electrons. The summed E-state index contributed by atoms with van der Waals surface area (Å²) in [6.45, 7) is 13.3. The average molecular weight is 273 g/mol. The van der Waals surface area contributed by atoms with Gasteiger partial charge in [0.1, 0.15) is 11.6 Å². The number of nitrogens with one attached hydrogen (secondary N) is 1. The molecule has 0 saturated carbocycles. The number of rotatable bonds is 4. The number of aromatic nitrogens is 4. The summed E-state index contributed by atoms with van der Waals surface area (Å²) in [4.78, 5) is 9.19. The third-order valence-electron chi connectivity index (χ3n) is 3.47. The van der Waals surface area contributed by atoms with Crippen molar-refractivity contribution in [1.29, 1.82) is 0 Å². The Morgan fingerprint density at radius 1 is 1.20 bits per heavy atom. The molecule has 0 unspecified atom stereocenters. The van der Waals surface area contributed by atoms with Crippen LogP contribution in [0.25, 0.3) is 5.82 Å². The third kappa shape index (κ3) is 2.66. The highest BCUT2D eigenvalue weighted by Crippen LogP contribution is 2.20. The van der Waals surface area contributed by atoms with Gasteiger partial charge in [-0.3, -0.25) is 0 Å². The smallest absolute Gasteiger partial charge is 0.159 e. The lowest BCUT2D eigenvalue weighted by molar-refractivity contribution is 0.736. The van der Waals surface area contributed by atoms with E-state index in [9.17, 15) is 0 Å². The fourth-order valence-corrected chi connectivity index (χ4v) is 2.03. The molecule has 0 aliphatic heterocycles. The fraction of sp³-hybridized carbons (Fsp3) is 0.533. The molecule has 0 atom stereocenters. The van der Waals surface area contributed by atoms with Gasteiger partial charge in [-0.05, 0) is 33.3 Å². The standard InChI is InChI=1S/C15H23N5/c1-7-16-13-8-14(18-15(17-13)9(2)3)20-12(6)10(4)11(5)19-20/h8-9H,7H2,1-6H3,(H,16,17,18). The Bertz CT molecular complexity index is 613. The monoisotopic (exact) mass is 273 g/mol. The first-order valence-corrected chi connectivity index (χ1v) is 7.10. The Morgan fingerprint density at radius 2 is 1.90 bits per heavy atom. The van der Waals surface area contributed by atoms with Gasteiger partial charge in [0.2, 0.25) is 0 Å². The van der Waals surface area contributed by atoms with Gasteiger partial charge >= 0.3 is 0 Å². The van der Waals surface area contributed by atoms with Gasteiger partial charge in [0.05, 0.1) is 5.69 Å². The SMILES string of the molecule is CCNc1cc(-n2nc(C)c(C)c2C)nc(C(C)C)n1. The number of nitrogens with zero attached hydrogens (tertiary/aromatic N) is 4. The van der Waals surface area contributed by atoms with E-state index >= 15 is 0 Å². The van der Waals surface area contributed by atoms with Crippen LogP contribution in [0, 0.1) is 20.8 Å². The van der Waals surface area contributed by atoms with Gasteiger partial charge < -0.3 is 5.32 Å². The van der Waals surface area contributed by atoms with Crippen molar-refractivity contribution < 1.29 is 0 Å².